The minimum atomic E-state index is -2.99. The number of rotatable bonds is 3. The Labute approximate surface area is 169 Å². The van der Waals surface area contributed by atoms with Crippen molar-refractivity contribution in [1.29, 1.82) is 0 Å². The molecule has 5 rings (SSSR count). The van der Waals surface area contributed by atoms with E-state index < -0.39 is 9.84 Å². The Bertz CT molecular complexity index is 1240. The number of carbonyl (C=O) groups is 1. The number of hydrogen-bond donors (Lipinski definition) is 0. The fraction of sp³-hybridized carbons (Fsp3) is 0.450. The van der Waals surface area contributed by atoms with E-state index in [0.29, 0.717) is 18.9 Å². The average molecular weight is 414 g/mol. The van der Waals surface area contributed by atoms with Gasteiger partial charge in [0.05, 0.1) is 40.7 Å². The summed E-state index contributed by atoms with van der Waals surface area (Å²) in [6, 6.07) is 7.76. The van der Waals surface area contributed by atoms with Gasteiger partial charge >= 0.3 is 0 Å². The number of anilines is 1. The Morgan fingerprint density at radius 2 is 2.00 bits per heavy atom. The molecule has 0 saturated carbocycles. The van der Waals surface area contributed by atoms with E-state index in [-0.39, 0.29) is 29.9 Å². The SMILES string of the molecule is Cc1nn([C@@H]2CCS(=O)(=O)C2)c(C)c1CC(=O)N1CCn2c1nc1ccccc12. The average Bonchev–Trinajstić information content (AvgIpc) is 3.40. The molecule has 3 aromatic rings. The summed E-state index contributed by atoms with van der Waals surface area (Å²) in [5.41, 5.74) is 4.48. The molecular formula is C20H23N5O3S. The summed E-state index contributed by atoms with van der Waals surface area (Å²) in [5, 5.41) is 4.58. The lowest BCUT2D eigenvalue weighted by atomic mass is 10.1. The van der Waals surface area contributed by atoms with Crippen LogP contribution in [0, 0.1) is 13.8 Å². The largest absolute Gasteiger partial charge is 0.308 e. The second-order valence-corrected chi connectivity index (χ2v) is 10.2. The maximum atomic E-state index is 13.1. The third-order valence-corrected chi connectivity index (χ3v) is 7.83. The number of aryl methyl sites for hydroxylation is 1. The molecule has 1 amide bonds. The van der Waals surface area contributed by atoms with Crippen molar-refractivity contribution in [2.45, 2.75) is 39.3 Å². The highest BCUT2D eigenvalue weighted by atomic mass is 32.2. The first-order chi connectivity index (χ1) is 13.8. The van der Waals surface area contributed by atoms with Gasteiger partial charge in [-0.05, 0) is 32.4 Å². The number of carbonyl (C=O) groups excluding carboxylic acids is 1. The summed E-state index contributed by atoms with van der Waals surface area (Å²) in [6.45, 7) is 5.15. The van der Waals surface area contributed by atoms with Crippen LogP contribution in [0.4, 0.5) is 5.95 Å². The molecule has 0 unspecified atom stereocenters. The van der Waals surface area contributed by atoms with Gasteiger partial charge < -0.3 is 4.57 Å². The van der Waals surface area contributed by atoms with Crippen LogP contribution in [0.15, 0.2) is 24.3 Å². The molecule has 1 saturated heterocycles. The fourth-order valence-electron chi connectivity index (χ4n) is 4.55. The second kappa shape index (κ2) is 6.41. The molecular weight excluding hydrogens is 390 g/mol. The molecule has 0 aliphatic carbocycles. The molecule has 1 fully saturated rings. The number of sulfone groups is 1. The number of amides is 1. The summed E-state index contributed by atoms with van der Waals surface area (Å²) >= 11 is 0. The van der Waals surface area contributed by atoms with Crippen LogP contribution < -0.4 is 4.90 Å². The van der Waals surface area contributed by atoms with Gasteiger partial charge in [-0.25, -0.2) is 13.4 Å². The first kappa shape index (κ1) is 18.4. The van der Waals surface area contributed by atoms with Gasteiger partial charge in [-0.2, -0.15) is 5.10 Å². The zero-order chi connectivity index (χ0) is 20.3. The number of para-hydroxylation sites is 2. The van der Waals surface area contributed by atoms with Crippen molar-refractivity contribution < 1.29 is 13.2 Å². The maximum absolute atomic E-state index is 13.1. The second-order valence-electron chi connectivity index (χ2n) is 7.93. The van der Waals surface area contributed by atoms with Gasteiger partial charge in [0, 0.05) is 24.3 Å². The van der Waals surface area contributed by atoms with Gasteiger partial charge in [-0.1, -0.05) is 12.1 Å². The number of benzene rings is 1. The number of fused-ring (bicyclic) bond motifs is 3. The van der Waals surface area contributed by atoms with Crippen molar-refractivity contribution in [3.63, 3.8) is 0 Å². The molecule has 0 spiro atoms. The fourth-order valence-corrected chi connectivity index (χ4v) is 6.24. The van der Waals surface area contributed by atoms with Crippen LogP contribution in [0.2, 0.25) is 0 Å². The van der Waals surface area contributed by atoms with E-state index in [2.05, 4.69) is 14.6 Å². The third-order valence-electron chi connectivity index (χ3n) is 6.08. The minimum Gasteiger partial charge on any atom is -0.308 e. The van der Waals surface area contributed by atoms with Crippen LogP contribution in [0.25, 0.3) is 11.0 Å². The van der Waals surface area contributed by atoms with Gasteiger partial charge in [0.25, 0.3) is 0 Å². The van der Waals surface area contributed by atoms with Crippen molar-refractivity contribution in [3.05, 3.63) is 41.2 Å². The van der Waals surface area contributed by atoms with Gasteiger partial charge in [0.2, 0.25) is 11.9 Å². The molecule has 8 nitrogen and oxygen atoms in total. The number of hydrogen-bond acceptors (Lipinski definition) is 5. The van der Waals surface area contributed by atoms with Crippen LogP contribution in [0.1, 0.15) is 29.4 Å². The molecule has 2 aliphatic heterocycles. The van der Waals surface area contributed by atoms with Crippen LogP contribution in [0.3, 0.4) is 0 Å². The van der Waals surface area contributed by atoms with E-state index >= 15 is 0 Å². The summed E-state index contributed by atoms with van der Waals surface area (Å²) in [4.78, 5) is 19.5. The number of imidazole rings is 1. The Morgan fingerprint density at radius 3 is 2.76 bits per heavy atom. The van der Waals surface area contributed by atoms with Crippen molar-refractivity contribution in [2.24, 2.45) is 0 Å². The minimum absolute atomic E-state index is 0.0103. The molecule has 0 bridgehead atoms. The van der Waals surface area contributed by atoms with Crippen molar-refractivity contribution in [3.8, 4) is 0 Å². The zero-order valence-corrected chi connectivity index (χ0v) is 17.3. The van der Waals surface area contributed by atoms with Gasteiger partial charge in [0.1, 0.15) is 0 Å². The molecule has 152 valence electrons. The van der Waals surface area contributed by atoms with Crippen LogP contribution in [-0.4, -0.2) is 51.7 Å². The van der Waals surface area contributed by atoms with E-state index in [1.165, 1.54) is 0 Å². The highest BCUT2D eigenvalue weighted by Crippen LogP contribution is 2.30. The van der Waals surface area contributed by atoms with Gasteiger partial charge in [0.15, 0.2) is 9.84 Å². The van der Waals surface area contributed by atoms with Crippen molar-refractivity contribution in [2.75, 3.05) is 23.0 Å². The summed E-state index contributed by atoms with van der Waals surface area (Å²) in [7, 11) is -2.99. The molecule has 9 heteroatoms. The topological polar surface area (TPSA) is 90.1 Å². The van der Waals surface area contributed by atoms with Gasteiger partial charge in [-0.3, -0.25) is 14.4 Å². The molecule has 0 radical (unpaired) electrons. The lowest BCUT2D eigenvalue weighted by Crippen LogP contribution is -2.31. The summed E-state index contributed by atoms with van der Waals surface area (Å²) < 4.78 is 27.6. The maximum Gasteiger partial charge on any atom is 0.233 e. The lowest BCUT2D eigenvalue weighted by molar-refractivity contribution is -0.117. The Balaban J connectivity index is 1.41. The number of nitrogens with zero attached hydrogens (tertiary/aromatic N) is 5. The van der Waals surface area contributed by atoms with Gasteiger partial charge in [-0.15, -0.1) is 0 Å². The molecule has 4 heterocycles. The van der Waals surface area contributed by atoms with E-state index in [1.807, 2.05) is 42.8 Å². The normalized spacial score (nSPS) is 20.5. The predicted molar refractivity (Wildman–Crippen MR) is 110 cm³/mol. The molecule has 29 heavy (non-hydrogen) atoms. The molecule has 2 aromatic heterocycles. The van der Waals surface area contributed by atoms with E-state index in [0.717, 1.165) is 34.5 Å². The van der Waals surface area contributed by atoms with E-state index in [9.17, 15) is 13.2 Å². The highest BCUT2D eigenvalue weighted by molar-refractivity contribution is 7.91. The van der Waals surface area contributed by atoms with Crippen LogP contribution in [-0.2, 0) is 27.6 Å². The smallest absolute Gasteiger partial charge is 0.233 e. The van der Waals surface area contributed by atoms with Crippen molar-refractivity contribution in [1.82, 2.24) is 19.3 Å². The Kier molecular flexibility index (Phi) is 4.06. The molecule has 1 atom stereocenters. The predicted octanol–water partition coefficient (Wildman–Crippen LogP) is 1.80. The summed E-state index contributed by atoms with van der Waals surface area (Å²) in [5.74, 6) is 1.01. The monoisotopic (exact) mass is 413 g/mol. The Morgan fingerprint density at radius 1 is 1.21 bits per heavy atom. The highest BCUT2D eigenvalue weighted by Gasteiger charge is 2.33. The Hall–Kier alpha value is -2.68. The van der Waals surface area contributed by atoms with E-state index in [1.54, 1.807) is 4.90 Å². The first-order valence-electron chi connectivity index (χ1n) is 9.85. The molecule has 2 aliphatic rings. The standard InChI is InChI=1S/C20H23N5O3S/c1-13-16(14(2)25(22-13)15-7-10-29(27,28)12-15)11-19(26)24-9-8-23-18-6-4-3-5-17(18)21-20(23)24/h3-6,15H,7-12H2,1-2H3/t15-/m1/s1. The first-order valence-corrected chi connectivity index (χ1v) is 11.7. The lowest BCUT2D eigenvalue weighted by Gasteiger charge is -2.15. The quantitative estimate of drug-likeness (QED) is 0.653. The number of aromatic nitrogens is 4. The van der Waals surface area contributed by atoms with Crippen LogP contribution >= 0.6 is 0 Å². The van der Waals surface area contributed by atoms with Crippen molar-refractivity contribution >= 4 is 32.7 Å². The molecule has 1 aromatic carbocycles. The van der Waals surface area contributed by atoms with Crippen LogP contribution in [0.5, 0.6) is 0 Å². The third kappa shape index (κ3) is 2.95. The molecule has 0 N–H and O–H groups in total. The summed E-state index contributed by atoms with van der Waals surface area (Å²) in [6.07, 6.45) is 0.814. The van der Waals surface area contributed by atoms with E-state index in [4.69, 9.17) is 0 Å². The zero-order valence-electron chi connectivity index (χ0n) is 16.5.